The van der Waals surface area contributed by atoms with Crippen LogP contribution in [0.25, 0.3) is 0 Å². The zero-order chi connectivity index (χ0) is 13.9. The highest BCUT2D eigenvalue weighted by atomic mass is 32.2. The molecule has 1 saturated heterocycles. The van der Waals surface area contributed by atoms with Gasteiger partial charge in [0.1, 0.15) is 5.82 Å². The maximum atomic E-state index is 13.2. The van der Waals surface area contributed by atoms with Crippen LogP contribution in [-0.2, 0) is 16.6 Å². The molecule has 2 N–H and O–H groups in total. The third-order valence-corrected chi connectivity index (χ3v) is 5.84. The Balaban J connectivity index is 2.10. The number of halogens is 1. The highest BCUT2D eigenvalue weighted by Gasteiger charge is 2.20. The molecule has 106 valence electrons. The molecular weight excluding hydrogens is 289 g/mol. The van der Waals surface area contributed by atoms with Gasteiger partial charge in [0.2, 0.25) is 10.0 Å². The number of sulfonamides is 1. The fraction of sp³-hybridized carbons (Fsp3) is 0.500. The van der Waals surface area contributed by atoms with Crippen molar-refractivity contribution in [3.05, 3.63) is 29.6 Å². The van der Waals surface area contributed by atoms with E-state index in [9.17, 15) is 12.8 Å². The summed E-state index contributed by atoms with van der Waals surface area (Å²) in [6, 6.07) is 3.43. The molecule has 0 amide bonds. The third kappa shape index (κ3) is 3.68. The van der Waals surface area contributed by atoms with Gasteiger partial charge in [-0.1, -0.05) is 0 Å². The number of rotatable bonds is 5. The summed E-state index contributed by atoms with van der Waals surface area (Å²) in [6.45, 7) is -0.132. The Morgan fingerprint density at radius 2 is 2.26 bits per heavy atom. The lowest BCUT2D eigenvalue weighted by atomic mass is 10.2. The van der Waals surface area contributed by atoms with Gasteiger partial charge in [-0.3, -0.25) is 0 Å². The predicted octanol–water partition coefficient (Wildman–Crippen LogP) is 1.49. The number of nitrogens with one attached hydrogen (secondary N) is 1. The van der Waals surface area contributed by atoms with Crippen molar-refractivity contribution in [2.45, 2.75) is 29.6 Å². The van der Waals surface area contributed by atoms with E-state index >= 15 is 0 Å². The topological polar surface area (TPSA) is 66.4 Å². The SMILES string of the molecule is O=S(=O)(NCC1CCCS1)c1ccc(F)c(CO)c1. The number of hydrogen-bond donors (Lipinski definition) is 2. The van der Waals surface area contributed by atoms with Gasteiger partial charge in [0.25, 0.3) is 0 Å². The monoisotopic (exact) mass is 305 g/mol. The lowest BCUT2D eigenvalue weighted by molar-refractivity contribution is 0.275. The smallest absolute Gasteiger partial charge is 0.240 e. The van der Waals surface area contributed by atoms with Gasteiger partial charge in [-0.15, -0.1) is 0 Å². The molecule has 0 aliphatic carbocycles. The maximum Gasteiger partial charge on any atom is 0.240 e. The Morgan fingerprint density at radius 3 is 2.89 bits per heavy atom. The standard InChI is InChI=1S/C12H16FNO3S2/c13-12-4-3-11(6-9(12)8-15)19(16,17)14-7-10-2-1-5-18-10/h3-4,6,10,14-15H,1-2,5,7-8H2. The molecule has 0 spiro atoms. The minimum Gasteiger partial charge on any atom is -0.392 e. The van der Waals surface area contributed by atoms with Crippen LogP contribution < -0.4 is 4.72 Å². The molecule has 1 aliphatic heterocycles. The Bertz CT molecular complexity index is 542. The predicted molar refractivity (Wildman–Crippen MR) is 73.0 cm³/mol. The molecule has 1 aromatic rings. The average molecular weight is 305 g/mol. The van der Waals surface area contributed by atoms with Crippen LogP contribution in [-0.4, -0.2) is 31.1 Å². The number of benzene rings is 1. The van der Waals surface area contributed by atoms with Crippen molar-refractivity contribution in [3.63, 3.8) is 0 Å². The van der Waals surface area contributed by atoms with E-state index < -0.39 is 22.4 Å². The second kappa shape index (κ2) is 6.21. The summed E-state index contributed by atoms with van der Waals surface area (Å²) < 4.78 is 39.8. The van der Waals surface area contributed by atoms with Crippen LogP contribution >= 0.6 is 11.8 Å². The summed E-state index contributed by atoms with van der Waals surface area (Å²) in [7, 11) is -3.64. The minimum absolute atomic E-state index is 0.0130. The normalized spacial score (nSPS) is 19.8. The number of hydrogen-bond acceptors (Lipinski definition) is 4. The first-order valence-corrected chi connectivity index (χ1v) is 8.56. The molecule has 0 aromatic heterocycles. The molecule has 2 rings (SSSR count). The van der Waals surface area contributed by atoms with E-state index in [-0.39, 0.29) is 10.5 Å². The van der Waals surface area contributed by atoms with Crippen molar-refractivity contribution in [1.29, 1.82) is 0 Å². The third-order valence-electron chi connectivity index (χ3n) is 3.02. The molecule has 1 heterocycles. The van der Waals surface area contributed by atoms with Crippen LogP contribution in [0, 0.1) is 5.82 Å². The van der Waals surface area contributed by atoms with Crippen molar-refractivity contribution in [1.82, 2.24) is 4.72 Å². The molecule has 1 unspecified atom stereocenters. The van der Waals surface area contributed by atoms with E-state index in [1.165, 1.54) is 12.1 Å². The first kappa shape index (κ1) is 14.8. The fourth-order valence-electron chi connectivity index (χ4n) is 1.93. The largest absolute Gasteiger partial charge is 0.392 e. The van der Waals surface area contributed by atoms with Crippen molar-refractivity contribution in [3.8, 4) is 0 Å². The molecular formula is C12H16FNO3S2. The van der Waals surface area contributed by atoms with Crippen LogP contribution in [0.1, 0.15) is 18.4 Å². The Labute approximate surface area is 116 Å². The molecule has 4 nitrogen and oxygen atoms in total. The van der Waals surface area contributed by atoms with E-state index in [0.717, 1.165) is 24.7 Å². The molecule has 1 aromatic carbocycles. The van der Waals surface area contributed by atoms with Crippen molar-refractivity contribution in [2.75, 3.05) is 12.3 Å². The highest BCUT2D eigenvalue weighted by Crippen LogP contribution is 2.25. The molecule has 1 aliphatic rings. The quantitative estimate of drug-likeness (QED) is 0.865. The van der Waals surface area contributed by atoms with Crippen LogP contribution in [0.5, 0.6) is 0 Å². The first-order chi connectivity index (χ1) is 9.03. The number of aliphatic hydroxyl groups excluding tert-OH is 1. The number of thioether (sulfide) groups is 1. The highest BCUT2D eigenvalue weighted by molar-refractivity contribution is 8.00. The zero-order valence-corrected chi connectivity index (χ0v) is 11.9. The molecule has 1 atom stereocenters. The maximum absolute atomic E-state index is 13.2. The van der Waals surface area contributed by atoms with Gasteiger partial charge in [0.05, 0.1) is 11.5 Å². The van der Waals surface area contributed by atoms with Gasteiger partial charge in [0, 0.05) is 17.4 Å². The Hall–Kier alpha value is -0.630. The van der Waals surface area contributed by atoms with Gasteiger partial charge >= 0.3 is 0 Å². The fourth-order valence-corrected chi connectivity index (χ4v) is 4.37. The summed E-state index contributed by atoms with van der Waals surface area (Å²) in [4.78, 5) is -0.0130. The van der Waals surface area contributed by atoms with E-state index in [1.54, 1.807) is 11.8 Å². The molecule has 0 radical (unpaired) electrons. The summed E-state index contributed by atoms with van der Waals surface area (Å²) >= 11 is 1.76. The minimum atomic E-state index is -3.64. The molecule has 7 heteroatoms. The summed E-state index contributed by atoms with van der Waals surface area (Å²) in [5.41, 5.74) is -0.0156. The van der Waals surface area contributed by atoms with Gasteiger partial charge in [-0.05, 0) is 36.8 Å². The Morgan fingerprint density at radius 1 is 1.47 bits per heavy atom. The number of aliphatic hydroxyl groups is 1. The van der Waals surface area contributed by atoms with E-state index in [0.29, 0.717) is 11.8 Å². The van der Waals surface area contributed by atoms with Crippen molar-refractivity contribution < 1.29 is 17.9 Å². The lowest BCUT2D eigenvalue weighted by Crippen LogP contribution is -2.30. The lowest BCUT2D eigenvalue weighted by Gasteiger charge is -2.11. The van der Waals surface area contributed by atoms with E-state index in [1.807, 2.05) is 0 Å². The summed E-state index contributed by atoms with van der Waals surface area (Å²) in [6.07, 6.45) is 2.13. The van der Waals surface area contributed by atoms with Crippen LogP contribution in [0.4, 0.5) is 4.39 Å². The molecule has 19 heavy (non-hydrogen) atoms. The summed E-state index contributed by atoms with van der Waals surface area (Å²) in [5.74, 6) is 0.463. The zero-order valence-electron chi connectivity index (χ0n) is 10.3. The molecule has 0 saturated carbocycles. The average Bonchev–Trinajstić information content (AvgIpc) is 2.90. The van der Waals surface area contributed by atoms with Crippen LogP contribution in [0.3, 0.4) is 0 Å². The van der Waals surface area contributed by atoms with E-state index in [2.05, 4.69) is 4.72 Å². The van der Waals surface area contributed by atoms with E-state index in [4.69, 9.17) is 5.11 Å². The molecule has 1 fully saturated rings. The van der Waals surface area contributed by atoms with Crippen molar-refractivity contribution >= 4 is 21.8 Å². The van der Waals surface area contributed by atoms with Crippen LogP contribution in [0.2, 0.25) is 0 Å². The second-order valence-corrected chi connectivity index (χ2v) is 7.57. The molecule has 0 bridgehead atoms. The first-order valence-electron chi connectivity index (χ1n) is 6.03. The Kier molecular flexibility index (Phi) is 4.83. The van der Waals surface area contributed by atoms with Gasteiger partial charge in [-0.2, -0.15) is 11.8 Å². The van der Waals surface area contributed by atoms with Gasteiger partial charge in [-0.25, -0.2) is 17.5 Å². The van der Waals surface area contributed by atoms with Crippen LogP contribution in [0.15, 0.2) is 23.1 Å². The second-order valence-electron chi connectivity index (χ2n) is 4.40. The van der Waals surface area contributed by atoms with Gasteiger partial charge < -0.3 is 5.11 Å². The summed E-state index contributed by atoms with van der Waals surface area (Å²) in [5, 5.41) is 9.27. The van der Waals surface area contributed by atoms with Crippen molar-refractivity contribution in [2.24, 2.45) is 0 Å². The van der Waals surface area contributed by atoms with Gasteiger partial charge in [0.15, 0.2) is 0 Å².